The van der Waals surface area contributed by atoms with Crippen molar-refractivity contribution in [2.24, 2.45) is 0 Å². The van der Waals surface area contributed by atoms with Gasteiger partial charge in [-0.2, -0.15) is 9.97 Å². The third-order valence-corrected chi connectivity index (χ3v) is 3.68. The smallest absolute Gasteiger partial charge is 0.226 e. The highest BCUT2D eigenvalue weighted by Gasteiger charge is 2.44. The molecule has 1 aliphatic heterocycles. The minimum absolute atomic E-state index is 0.00431. The van der Waals surface area contributed by atoms with Crippen molar-refractivity contribution in [2.75, 3.05) is 26.1 Å². The van der Waals surface area contributed by atoms with Crippen LogP contribution in [0.4, 0.5) is 5.82 Å². The van der Waals surface area contributed by atoms with E-state index in [4.69, 9.17) is 16.3 Å². The van der Waals surface area contributed by atoms with Crippen molar-refractivity contribution in [1.82, 2.24) is 24.5 Å². The van der Waals surface area contributed by atoms with E-state index in [1.54, 1.807) is 19.1 Å². The number of halogens is 1. The molecule has 10 nitrogen and oxygen atoms in total. The lowest BCUT2D eigenvalue weighted by Gasteiger charge is -2.17. The summed E-state index contributed by atoms with van der Waals surface area (Å²) < 4.78 is 6.94. The van der Waals surface area contributed by atoms with Crippen molar-refractivity contribution < 1.29 is 20.1 Å². The SMILES string of the molecule is CN(C)Nc1nc(Cl)nc2c1ncn2[C@@H]1O[C@H](CO)[C@@H](O)[C@H]1O. The molecule has 126 valence electrons. The van der Waals surface area contributed by atoms with E-state index >= 15 is 0 Å². The van der Waals surface area contributed by atoms with Gasteiger partial charge < -0.3 is 25.5 Å². The van der Waals surface area contributed by atoms with Crippen molar-refractivity contribution in [1.29, 1.82) is 0 Å². The number of rotatable bonds is 4. The Morgan fingerprint density at radius 3 is 2.70 bits per heavy atom. The van der Waals surface area contributed by atoms with Crippen LogP contribution in [0.3, 0.4) is 0 Å². The van der Waals surface area contributed by atoms with Crippen molar-refractivity contribution >= 4 is 28.6 Å². The van der Waals surface area contributed by atoms with Crippen LogP contribution in [0, 0.1) is 0 Å². The predicted molar refractivity (Wildman–Crippen MR) is 80.7 cm³/mol. The molecule has 1 fully saturated rings. The van der Waals surface area contributed by atoms with Crippen LogP contribution in [-0.2, 0) is 4.74 Å². The highest BCUT2D eigenvalue weighted by Crippen LogP contribution is 2.32. The quantitative estimate of drug-likeness (QED) is 0.407. The molecule has 0 amide bonds. The van der Waals surface area contributed by atoms with Crippen LogP contribution in [0.15, 0.2) is 6.33 Å². The molecule has 0 unspecified atom stereocenters. The number of nitrogens with zero attached hydrogens (tertiary/aromatic N) is 5. The fourth-order valence-electron chi connectivity index (χ4n) is 2.48. The third kappa shape index (κ3) is 2.84. The van der Waals surface area contributed by atoms with E-state index in [-0.39, 0.29) is 5.28 Å². The Kier molecular flexibility index (Phi) is 4.36. The standard InChI is InChI=1S/C12H17ClN6O4/c1-18(2)17-9-6-10(16-12(13)15-9)19(4-14-6)11-8(22)7(21)5(3-20)23-11/h4-5,7-8,11,20-22H,3H2,1-2H3,(H,15,16,17)/t5-,7-,8-,11-/m1/s1. The number of aliphatic hydroxyl groups is 3. The van der Waals surface area contributed by atoms with E-state index < -0.39 is 31.1 Å². The molecule has 23 heavy (non-hydrogen) atoms. The normalized spacial score (nSPS) is 28.0. The Hall–Kier alpha value is -1.56. The Balaban J connectivity index is 2.04. The van der Waals surface area contributed by atoms with Gasteiger partial charge in [0, 0.05) is 14.1 Å². The minimum Gasteiger partial charge on any atom is -0.394 e. The number of fused-ring (bicyclic) bond motifs is 1. The summed E-state index contributed by atoms with van der Waals surface area (Å²) in [6.45, 7) is -0.412. The van der Waals surface area contributed by atoms with Crippen LogP contribution < -0.4 is 5.43 Å². The molecular formula is C12H17ClN6O4. The largest absolute Gasteiger partial charge is 0.394 e. The summed E-state index contributed by atoms with van der Waals surface area (Å²) in [6, 6.07) is 0. The van der Waals surface area contributed by atoms with Crippen LogP contribution >= 0.6 is 11.6 Å². The van der Waals surface area contributed by atoms with Crippen molar-refractivity contribution in [3.05, 3.63) is 11.6 Å². The van der Waals surface area contributed by atoms with Gasteiger partial charge in [-0.25, -0.2) is 9.99 Å². The Morgan fingerprint density at radius 1 is 1.35 bits per heavy atom. The lowest BCUT2D eigenvalue weighted by molar-refractivity contribution is -0.0511. The number of anilines is 1. The molecule has 1 saturated heterocycles. The first-order chi connectivity index (χ1) is 10.9. The fourth-order valence-corrected chi connectivity index (χ4v) is 2.64. The van der Waals surface area contributed by atoms with Gasteiger partial charge in [0.05, 0.1) is 12.9 Å². The van der Waals surface area contributed by atoms with Gasteiger partial charge in [-0.3, -0.25) is 4.57 Å². The van der Waals surface area contributed by atoms with Crippen LogP contribution in [0.5, 0.6) is 0 Å². The zero-order valence-electron chi connectivity index (χ0n) is 12.5. The van der Waals surface area contributed by atoms with Crippen molar-refractivity contribution in [3.8, 4) is 0 Å². The average Bonchev–Trinajstić information content (AvgIpc) is 3.01. The summed E-state index contributed by atoms with van der Waals surface area (Å²) in [5, 5.41) is 30.9. The number of ether oxygens (including phenoxy) is 1. The molecule has 2 aromatic heterocycles. The summed E-state index contributed by atoms with van der Waals surface area (Å²) >= 11 is 5.95. The minimum atomic E-state index is -1.23. The molecule has 4 atom stereocenters. The summed E-state index contributed by atoms with van der Waals surface area (Å²) in [7, 11) is 3.57. The van der Waals surface area contributed by atoms with E-state index in [9.17, 15) is 15.3 Å². The number of hydrazine groups is 1. The second-order valence-corrected chi connectivity index (χ2v) is 5.74. The first-order valence-electron chi connectivity index (χ1n) is 6.89. The summed E-state index contributed by atoms with van der Waals surface area (Å²) in [5.74, 6) is 0.399. The van der Waals surface area contributed by atoms with Crippen LogP contribution in [-0.4, -0.2) is 78.9 Å². The number of aromatic nitrogens is 4. The molecule has 0 aromatic carbocycles. The molecule has 3 heterocycles. The maximum atomic E-state index is 10.1. The van der Waals surface area contributed by atoms with Crippen LogP contribution in [0.25, 0.3) is 11.2 Å². The highest BCUT2D eigenvalue weighted by atomic mass is 35.5. The lowest BCUT2D eigenvalue weighted by atomic mass is 10.1. The zero-order valence-corrected chi connectivity index (χ0v) is 13.2. The summed E-state index contributed by atoms with van der Waals surface area (Å²) in [5.41, 5.74) is 3.73. The Labute approximate surface area is 136 Å². The first kappa shape index (κ1) is 16.3. The van der Waals surface area contributed by atoms with E-state index in [1.165, 1.54) is 10.9 Å². The Bertz CT molecular complexity index is 710. The average molecular weight is 345 g/mol. The van der Waals surface area contributed by atoms with Gasteiger partial charge in [0.1, 0.15) is 18.3 Å². The third-order valence-electron chi connectivity index (χ3n) is 3.51. The topological polar surface area (TPSA) is 129 Å². The molecule has 2 aromatic rings. The molecular weight excluding hydrogens is 328 g/mol. The number of hydrogen-bond donors (Lipinski definition) is 4. The maximum absolute atomic E-state index is 10.1. The fraction of sp³-hybridized carbons (Fsp3) is 0.583. The molecule has 0 saturated carbocycles. The zero-order chi connectivity index (χ0) is 16.7. The van der Waals surface area contributed by atoms with Gasteiger partial charge in [0.2, 0.25) is 5.28 Å². The highest BCUT2D eigenvalue weighted by molar-refractivity contribution is 6.28. The molecule has 1 aliphatic rings. The summed E-state index contributed by atoms with van der Waals surface area (Å²) in [4.78, 5) is 12.4. The first-order valence-corrected chi connectivity index (χ1v) is 7.26. The molecule has 0 radical (unpaired) electrons. The Morgan fingerprint density at radius 2 is 2.09 bits per heavy atom. The van der Waals surface area contributed by atoms with E-state index in [0.717, 1.165) is 0 Å². The van der Waals surface area contributed by atoms with Crippen molar-refractivity contribution in [3.63, 3.8) is 0 Å². The molecule has 0 spiro atoms. The number of imidazole rings is 1. The van der Waals surface area contributed by atoms with E-state index in [2.05, 4.69) is 20.4 Å². The molecule has 4 N–H and O–H groups in total. The lowest BCUT2D eigenvalue weighted by Crippen LogP contribution is -2.33. The summed E-state index contributed by atoms with van der Waals surface area (Å²) in [6.07, 6.45) is -2.85. The van der Waals surface area contributed by atoms with E-state index in [1.807, 2.05) is 0 Å². The molecule has 3 rings (SSSR count). The van der Waals surface area contributed by atoms with Crippen LogP contribution in [0.1, 0.15) is 6.23 Å². The van der Waals surface area contributed by atoms with E-state index in [0.29, 0.717) is 17.0 Å². The number of hydrogen-bond acceptors (Lipinski definition) is 9. The number of aliphatic hydroxyl groups excluding tert-OH is 3. The number of nitrogens with one attached hydrogen (secondary N) is 1. The van der Waals surface area contributed by atoms with Gasteiger partial charge in [0.15, 0.2) is 23.2 Å². The monoisotopic (exact) mass is 344 g/mol. The van der Waals surface area contributed by atoms with Gasteiger partial charge in [-0.05, 0) is 11.6 Å². The maximum Gasteiger partial charge on any atom is 0.226 e. The van der Waals surface area contributed by atoms with Crippen molar-refractivity contribution in [2.45, 2.75) is 24.5 Å². The second-order valence-electron chi connectivity index (χ2n) is 5.40. The predicted octanol–water partition coefficient (Wildman–Crippen LogP) is -1.02. The van der Waals surface area contributed by atoms with Gasteiger partial charge in [0.25, 0.3) is 0 Å². The molecule has 0 bridgehead atoms. The van der Waals surface area contributed by atoms with Gasteiger partial charge >= 0.3 is 0 Å². The second kappa shape index (κ2) is 6.15. The molecule has 0 aliphatic carbocycles. The van der Waals surface area contributed by atoms with Gasteiger partial charge in [-0.1, -0.05) is 0 Å². The molecule has 11 heteroatoms. The van der Waals surface area contributed by atoms with Crippen LogP contribution in [0.2, 0.25) is 5.28 Å². The van der Waals surface area contributed by atoms with Gasteiger partial charge in [-0.15, -0.1) is 0 Å².